The molecule has 134 valence electrons. The molecule has 0 saturated carbocycles. The summed E-state index contributed by atoms with van der Waals surface area (Å²) in [4.78, 5) is 14.1. The summed E-state index contributed by atoms with van der Waals surface area (Å²) in [7, 11) is -6.25. The summed E-state index contributed by atoms with van der Waals surface area (Å²) < 4.78 is 51.8. The molecule has 2 aliphatic rings. The minimum Gasteiger partial charge on any atom is -0.467 e. The number of sulfone groups is 2. The van der Waals surface area contributed by atoms with Crippen LogP contribution in [0, 0.1) is 0 Å². The summed E-state index contributed by atoms with van der Waals surface area (Å²) in [5, 5.41) is 2.72. The molecule has 2 aliphatic heterocycles. The minimum atomic E-state index is -3.15. The van der Waals surface area contributed by atoms with E-state index in [1.807, 2.05) is 0 Å². The van der Waals surface area contributed by atoms with Crippen LogP contribution in [0.15, 0.2) is 22.8 Å². The van der Waals surface area contributed by atoms with Gasteiger partial charge in [0.05, 0.1) is 35.8 Å². The molecule has 2 saturated heterocycles. The lowest BCUT2D eigenvalue weighted by Crippen LogP contribution is -2.49. The highest BCUT2D eigenvalue weighted by Crippen LogP contribution is 2.21. The van der Waals surface area contributed by atoms with E-state index in [1.54, 1.807) is 12.1 Å². The summed E-state index contributed by atoms with van der Waals surface area (Å²) >= 11 is 0. The Bertz CT molecular complexity index is 800. The molecule has 3 rings (SSSR count). The molecule has 8 nitrogen and oxygen atoms in total. The van der Waals surface area contributed by atoms with Gasteiger partial charge in [-0.15, -0.1) is 0 Å². The van der Waals surface area contributed by atoms with Gasteiger partial charge in [-0.25, -0.2) is 21.6 Å². The lowest BCUT2D eigenvalue weighted by molar-refractivity contribution is 0.168. The molecule has 0 radical (unpaired) electrons. The predicted molar refractivity (Wildman–Crippen MR) is 86.9 cm³/mol. The number of amides is 2. The molecule has 1 aromatic rings. The zero-order valence-electron chi connectivity index (χ0n) is 13.0. The van der Waals surface area contributed by atoms with Crippen molar-refractivity contribution in [2.45, 2.75) is 31.5 Å². The monoisotopic (exact) mass is 376 g/mol. The van der Waals surface area contributed by atoms with Crippen LogP contribution in [0.3, 0.4) is 0 Å². The number of rotatable bonds is 4. The summed E-state index contributed by atoms with van der Waals surface area (Å²) in [5.41, 5.74) is 0. The summed E-state index contributed by atoms with van der Waals surface area (Å²) in [6.07, 6.45) is 2.24. The molecule has 0 aliphatic carbocycles. The Hall–Kier alpha value is -1.55. The van der Waals surface area contributed by atoms with Crippen molar-refractivity contribution in [1.82, 2.24) is 10.2 Å². The van der Waals surface area contributed by atoms with Gasteiger partial charge in [-0.3, -0.25) is 0 Å². The van der Waals surface area contributed by atoms with Gasteiger partial charge in [-0.05, 0) is 25.0 Å². The van der Waals surface area contributed by atoms with Crippen LogP contribution >= 0.6 is 0 Å². The first-order chi connectivity index (χ1) is 11.2. The highest BCUT2D eigenvalue weighted by atomic mass is 32.2. The average Bonchev–Trinajstić information content (AvgIpc) is 3.17. The first kappa shape index (κ1) is 17.3. The van der Waals surface area contributed by atoms with Crippen LogP contribution < -0.4 is 5.32 Å². The zero-order chi connectivity index (χ0) is 17.4. The average molecular weight is 376 g/mol. The van der Waals surface area contributed by atoms with E-state index in [0.29, 0.717) is 18.6 Å². The molecule has 10 heteroatoms. The molecule has 0 bridgehead atoms. The normalized spacial score (nSPS) is 27.8. The largest absolute Gasteiger partial charge is 0.467 e. The van der Waals surface area contributed by atoms with E-state index in [2.05, 4.69) is 5.32 Å². The zero-order valence-corrected chi connectivity index (χ0v) is 14.7. The summed E-state index contributed by atoms with van der Waals surface area (Å²) in [5.74, 6) is 0.514. The number of furan rings is 1. The van der Waals surface area contributed by atoms with Crippen LogP contribution in [0.25, 0.3) is 0 Å². The lowest BCUT2D eigenvalue weighted by Gasteiger charge is -2.28. The standard InChI is InChI=1S/C14H20N2O6S2/c17-14(15-11-3-6-23(18,19)9-11)16(8-13-2-1-5-22-13)12-4-7-24(20,21)10-12/h1-2,5,11-12H,3-4,6-10H2,(H,15,17). The predicted octanol–water partition coefficient (Wildman–Crippen LogP) is 0.165. The number of urea groups is 1. The van der Waals surface area contributed by atoms with E-state index < -0.39 is 37.8 Å². The van der Waals surface area contributed by atoms with E-state index in [1.165, 1.54) is 11.2 Å². The van der Waals surface area contributed by atoms with Gasteiger partial charge in [-0.2, -0.15) is 0 Å². The maximum absolute atomic E-state index is 12.6. The van der Waals surface area contributed by atoms with E-state index in [9.17, 15) is 21.6 Å². The van der Waals surface area contributed by atoms with E-state index >= 15 is 0 Å². The van der Waals surface area contributed by atoms with Crippen LogP contribution in [-0.4, -0.2) is 62.9 Å². The summed E-state index contributed by atoms with van der Waals surface area (Å²) in [6, 6.07) is 2.10. The van der Waals surface area contributed by atoms with Crippen LogP contribution in [0.1, 0.15) is 18.6 Å². The van der Waals surface area contributed by atoms with Crippen molar-refractivity contribution in [2.24, 2.45) is 0 Å². The lowest BCUT2D eigenvalue weighted by atomic mass is 10.2. The quantitative estimate of drug-likeness (QED) is 0.801. The molecule has 0 spiro atoms. The van der Waals surface area contributed by atoms with Gasteiger partial charge in [0.1, 0.15) is 5.76 Å². The van der Waals surface area contributed by atoms with Crippen molar-refractivity contribution in [3.05, 3.63) is 24.2 Å². The van der Waals surface area contributed by atoms with Crippen LogP contribution in [0.2, 0.25) is 0 Å². The molecule has 0 aromatic carbocycles. The van der Waals surface area contributed by atoms with Crippen molar-refractivity contribution in [3.8, 4) is 0 Å². The molecule has 2 unspecified atom stereocenters. The second-order valence-electron chi connectivity index (χ2n) is 6.31. The molecule has 2 amide bonds. The van der Waals surface area contributed by atoms with Gasteiger partial charge in [0.15, 0.2) is 19.7 Å². The van der Waals surface area contributed by atoms with Crippen LogP contribution in [-0.2, 0) is 26.2 Å². The maximum Gasteiger partial charge on any atom is 0.318 e. The van der Waals surface area contributed by atoms with E-state index in [0.717, 1.165) is 0 Å². The highest BCUT2D eigenvalue weighted by molar-refractivity contribution is 7.91. The van der Waals surface area contributed by atoms with E-state index in [4.69, 9.17) is 4.42 Å². The molecule has 2 atom stereocenters. The Kier molecular flexibility index (Phi) is 4.60. The van der Waals surface area contributed by atoms with E-state index in [-0.39, 0.29) is 29.6 Å². The van der Waals surface area contributed by atoms with Gasteiger partial charge in [0, 0.05) is 12.1 Å². The van der Waals surface area contributed by atoms with Crippen LogP contribution in [0.5, 0.6) is 0 Å². The molecule has 1 N–H and O–H groups in total. The molecule has 2 fully saturated rings. The van der Waals surface area contributed by atoms with Crippen molar-refractivity contribution in [3.63, 3.8) is 0 Å². The van der Waals surface area contributed by atoms with Crippen molar-refractivity contribution in [2.75, 3.05) is 23.0 Å². The maximum atomic E-state index is 12.6. The molecular formula is C14H20N2O6S2. The summed E-state index contributed by atoms with van der Waals surface area (Å²) in [6.45, 7) is 0.151. The Labute approximate surface area is 141 Å². The Morgan fingerprint density at radius 2 is 1.88 bits per heavy atom. The Morgan fingerprint density at radius 1 is 1.17 bits per heavy atom. The number of hydrogen-bond donors (Lipinski definition) is 1. The fourth-order valence-electron chi connectivity index (χ4n) is 3.12. The highest BCUT2D eigenvalue weighted by Gasteiger charge is 2.37. The van der Waals surface area contributed by atoms with Crippen molar-refractivity contribution >= 4 is 25.7 Å². The Balaban J connectivity index is 1.72. The molecule has 1 aromatic heterocycles. The first-order valence-electron chi connectivity index (χ1n) is 7.74. The molecular weight excluding hydrogens is 356 g/mol. The molecule has 24 heavy (non-hydrogen) atoms. The number of carbonyl (C=O) groups is 1. The molecule has 3 heterocycles. The SMILES string of the molecule is O=C(NC1CCS(=O)(=O)C1)N(Cc1ccco1)C1CCS(=O)(=O)C1. The minimum absolute atomic E-state index is 0.0530. The third-order valence-electron chi connectivity index (χ3n) is 4.38. The number of carbonyl (C=O) groups excluding carboxylic acids is 1. The van der Waals surface area contributed by atoms with Crippen molar-refractivity contribution < 1.29 is 26.0 Å². The van der Waals surface area contributed by atoms with Crippen molar-refractivity contribution in [1.29, 1.82) is 0 Å². The van der Waals surface area contributed by atoms with Gasteiger partial charge in [0.25, 0.3) is 0 Å². The first-order valence-corrected chi connectivity index (χ1v) is 11.4. The Morgan fingerprint density at radius 3 is 2.42 bits per heavy atom. The fraction of sp³-hybridized carbons (Fsp3) is 0.643. The second kappa shape index (κ2) is 6.40. The third-order valence-corrected chi connectivity index (χ3v) is 7.89. The second-order valence-corrected chi connectivity index (χ2v) is 10.8. The van der Waals surface area contributed by atoms with Gasteiger partial charge < -0.3 is 14.6 Å². The number of nitrogens with zero attached hydrogens (tertiary/aromatic N) is 1. The van der Waals surface area contributed by atoms with Gasteiger partial charge in [0.2, 0.25) is 0 Å². The number of nitrogens with one attached hydrogen (secondary N) is 1. The van der Waals surface area contributed by atoms with Gasteiger partial charge >= 0.3 is 6.03 Å². The van der Waals surface area contributed by atoms with Crippen LogP contribution in [0.4, 0.5) is 4.79 Å². The number of hydrogen-bond acceptors (Lipinski definition) is 6. The fourth-order valence-corrected chi connectivity index (χ4v) is 6.53. The smallest absolute Gasteiger partial charge is 0.318 e. The third kappa shape index (κ3) is 4.10. The topological polar surface area (TPSA) is 114 Å². The van der Waals surface area contributed by atoms with Gasteiger partial charge in [-0.1, -0.05) is 0 Å².